The van der Waals surface area contributed by atoms with E-state index >= 15 is 0 Å². The number of esters is 1. The monoisotopic (exact) mass is 516 g/mol. The Morgan fingerprint density at radius 2 is 1.75 bits per heavy atom. The Labute approximate surface area is 168 Å². The van der Waals surface area contributed by atoms with E-state index < -0.39 is 0 Å². The van der Waals surface area contributed by atoms with Crippen molar-refractivity contribution >= 4 is 53.8 Å². The average Bonchev–Trinajstić information content (AvgIpc) is 2.53. The van der Waals surface area contributed by atoms with Crippen LogP contribution in [0.5, 0.6) is 5.75 Å². The van der Waals surface area contributed by atoms with Crippen LogP contribution in [0.25, 0.3) is 0 Å². The van der Waals surface area contributed by atoms with E-state index in [1.165, 1.54) is 0 Å². The van der Waals surface area contributed by atoms with Gasteiger partial charge in [-0.3, -0.25) is 0 Å². The van der Waals surface area contributed by atoms with Crippen molar-refractivity contribution < 1.29 is 9.53 Å². The van der Waals surface area contributed by atoms with Crippen molar-refractivity contribution in [2.75, 3.05) is 0 Å². The lowest BCUT2D eigenvalue weighted by molar-refractivity contribution is 0.0733. The summed E-state index contributed by atoms with van der Waals surface area (Å²) >= 11 is 10.7. The number of carbonyl (C=O) groups excluding carboxylic acids is 1. The SMILES string of the molecule is CC(C)(C)c1cc(OC(=O)c2ccccc2)c(CBr)c(C(Br)Br)c1. The fourth-order valence-electron chi connectivity index (χ4n) is 2.26. The highest BCUT2D eigenvalue weighted by molar-refractivity contribution is 9.24. The van der Waals surface area contributed by atoms with Gasteiger partial charge in [0.2, 0.25) is 0 Å². The van der Waals surface area contributed by atoms with E-state index in [-0.39, 0.29) is 15.1 Å². The molecule has 0 atom stereocenters. The predicted molar refractivity (Wildman–Crippen MR) is 110 cm³/mol. The summed E-state index contributed by atoms with van der Waals surface area (Å²) in [5.74, 6) is 0.238. The second-order valence-electron chi connectivity index (χ2n) is 6.48. The quantitative estimate of drug-likeness (QED) is 0.250. The predicted octanol–water partition coefficient (Wildman–Crippen LogP) is 6.89. The molecule has 2 aromatic carbocycles. The van der Waals surface area contributed by atoms with Crippen LogP contribution < -0.4 is 4.74 Å². The van der Waals surface area contributed by atoms with Crippen molar-refractivity contribution in [3.63, 3.8) is 0 Å². The van der Waals surface area contributed by atoms with Crippen LogP contribution in [0.3, 0.4) is 0 Å². The van der Waals surface area contributed by atoms with Crippen molar-refractivity contribution in [3.8, 4) is 5.75 Å². The van der Waals surface area contributed by atoms with Crippen LogP contribution in [-0.2, 0) is 10.7 Å². The van der Waals surface area contributed by atoms with Crippen molar-refractivity contribution in [3.05, 3.63) is 64.7 Å². The van der Waals surface area contributed by atoms with Gasteiger partial charge in [-0.15, -0.1) is 0 Å². The molecule has 2 rings (SSSR count). The number of alkyl halides is 3. The van der Waals surface area contributed by atoms with Gasteiger partial charge in [-0.05, 0) is 34.7 Å². The lowest BCUT2D eigenvalue weighted by Gasteiger charge is -2.24. The van der Waals surface area contributed by atoms with E-state index in [0.29, 0.717) is 16.6 Å². The minimum absolute atomic E-state index is 0.0194. The number of ether oxygens (including phenoxy) is 1. The largest absolute Gasteiger partial charge is 0.423 e. The third-order valence-electron chi connectivity index (χ3n) is 3.69. The summed E-state index contributed by atoms with van der Waals surface area (Å²) < 4.78 is 5.72. The van der Waals surface area contributed by atoms with Crippen LogP contribution >= 0.6 is 47.8 Å². The van der Waals surface area contributed by atoms with Gasteiger partial charge in [0.1, 0.15) is 5.75 Å². The maximum absolute atomic E-state index is 12.5. The average molecular weight is 519 g/mol. The molecule has 0 aromatic heterocycles. The first-order chi connectivity index (χ1) is 11.2. The van der Waals surface area contributed by atoms with Crippen LogP contribution in [0.4, 0.5) is 0 Å². The number of rotatable bonds is 4. The maximum atomic E-state index is 12.5. The molecule has 128 valence electrons. The number of halogens is 3. The number of carbonyl (C=O) groups is 1. The molecular formula is C19H19Br3O2. The van der Waals surface area contributed by atoms with Crippen molar-refractivity contribution in [2.24, 2.45) is 0 Å². The molecule has 2 aromatic rings. The molecule has 0 unspecified atom stereocenters. The second-order valence-corrected chi connectivity index (χ2v) is 10.1. The summed E-state index contributed by atoms with van der Waals surface area (Å²) in [6, 6.07) is 13.1. The summed E-state index contributed by atoms with van der Waals surface area (Å²) in [6.07, 6.45) is 0. The molecule has 0 amide bonds. The Kier molecular flexibility index (Phi) is 6.68. The van der Waals surface area contributed by atoms with E-state index in [4.69, 9.17) is 4.74 Å². The molecule has 2 nitrogen and oxygen atoms in total. The van der Waals surface area contributed by atoms with Gasteiger partial charge in [0, 0.05) is 10.9 Å². The highest BCUT2D eigenvalue weighted by Gasteiger charge is 2.23. The first-order valence-corrected chi connectivity index (χ1v) is 10.5. The van der Waals surface area contributed by atoms with Gasteiger partial charge in [-0.2, -0.15) is 0 Å². The van der Waals surface area contributed by atoms with Crippen molar-refractivity contribution in [1.82, 2.24) is 0 Å². The third-order valence-corrected chi connectivity index (χ3v) is 5.24. The van der Waals surface area contributed by atoms with E-state index in [9.17, 15) is 4.79 Å². The Balaban J connectivity index is 2.51. The topological polar surface area (TPSA) is 26.3 Å². The fourth-order valence-corrected chi connectivity index (χ4v) is 3.68. The standard InChI is InChI=1S/C19H19Br3O2/c1-19(2,3)13-9-14(17(21)22)15(11-20)16(10-13)24-18(23)12-7-5-4-6-8-12/h4-10,17H,11H2,1-3H3. The highest BCUT2D eigenvalue weighted by atomic mass is 79.9. The minimum Gasteiger partial charge on any atom is -0.423 e. The molecule has 0 aliphatic rings. The molecule has 0 spiro atoms. The van der Waals surface area contributed by atoms with E-state index in [0.717, 1.165) is 16.7 Å². The zero-order chi connectivity index (χ0) is 17.9. The zero-order valence-corrected chi connectivity index (χ0v) is 18.5. The van der Waals surface area contributed by atoms with Gasteiger partial charge < -0.3 is 4.74 Å². The number of benzene rings is 2. The van der Waals surface area contributed by atoms with Gasteiger partial charge in [-0.1, -0.05) is 92.8 Å². The second kappa shape index (κ2) is 8.15. The van der Waals surface area contributed by atoms with Gasteiger partial charge >= 0.3 is 5.97 Å². The molecular weight excluding hydrogens is 500 g/mol. The third kappa shape index (κ3) is 4.70. The summed E-state index contributed by atoms with van der Waals surface area (Å²) in [6.45, 7) is 6.42. The smallest absolute Gasteiger partial charge is 0.343 e. The molecule has 0 aliphatic heterocycles. The molecule has 0 saturated carbocycles. The summed E-state index contributed by atoms with van der Waals surface area (Å²) in [4.78, 5) is 12.5. The minimum atomic E-state index is -0.351. The Bertz CT molecular complexity index is 719. The molecule has 0 radical (unpaired) electrons. The van der Waals surface area contributed by atoms with Crippen LogP contribution in [0.2, 0.25) is 0 Å². The lowest BCUT2D eigenvalue weighted by Crippen LogP contribution is -2.15. The summed E-state index contributed by atoms with van der Waals surface area (Å²) in [5, 5.41) is 0.595. The first-order valence-electron chi connectivity index (χ1n) is 7.52. The highest BCUT2D eigenvalue weighted by Crippen LogP contribution is 2.40. The molecule has 0 heterocycles. The molecule has 0 saturated heterocycles. The van der Waals surface area contributed by atoms with Crippen molar-refractivity contribution in [2.45, 2.75) is 35.3 Å². The van der Waals surface area contributed by atoms with Crippen LogP contribution in [-0.4, -0.2) is 5.97 Å². The zero-order valence-electron chi connectivity index (χ0n) is 13.8. The number of hydrogen-bond donors (Lipinski definition) is 0. The van der Waals surface area contributed by atoms with Gasteiger partial charge in [-0.25, -0.2) is 4.79 Å². The fraction of sp³-hybridized carbons (Fsp3) is 0.316. The van der Waals surface area contributed by atoms with Gasteiger partial charge in [0.25, 0.3) is 0 Å². The molecule has 24 heavy (non-hydrogen) atoms. The van der Waals surface area contributed by atoms with Crippen molar-refractivity contribution in [1.29, 1.82) is 0 Å². The maximum Gasteiger partial charge on any atom is 0.343 e. The molecule has 0 bridgehead atoms. The Morgan fingerprint density at radius 3 is 2.25 bits per heavy atom. The Morgan fingerprint density at radius 1 is 1.12 bits per heavy atom. The summed E-state index contributed by atoms with van der Waals surface area (Å²) in [5.41, 5.74) is 3.60. The Hall–Kier alpha value is -0.650. The first kappa shape index (κ1) is 19.7. The molecule has 0 fully saturated rings. The van der Waals surface area contributed by atoms with Gasteiger partial charge in [0.05, 0.1) is 9.30 Å². The molecule has 0 N–H and O–H groups in total. The number of hydrogen-bond acceptors (Lipinski definition) is 2. The van der Waals surface area contributed by atoms with Crippen LogP contribution in [0, 0.1) is 0 Å². The van der Waals surface area contributed by atoms with E-state index in [1.54, 1.807) is 12.1 Å². The lowest BCUT2D eigenvalue weighted by atomic mass is 9.85. The molecule has 0 aliphatic carbocycles. The van der Waals surface area contributed by atoms with Gasteiger partial charge in [0.15, 0.2) is 0 Å². The molecule has 5 heteroatoms. The summed E-state index contributed by atoms with van der Waals surface area (Å²) in [7, 11) is 0. The van der Waals surface area contributed by atoms with E-state index in [1.807, 2.05) is 24.3 Å². The van der Waals surface area contributed by atoms with E-state index in [2.05, 4.69) is 74.6 Å². The van der Waals surface area contributed by atoms with Crippen LogP contribution in [0.15, 0.2) is 42.5 Å². The van der Waals surface area contributed by atoms with Crippen LogP contribution in [0.1, 0.15) is 51.6 Å². The normalized spacial score (nSPS) is 11.6.